The first-order valence-corrected chi connectivity index (χ1v) is 10.9. The molecule has 0 radical (unpaired) electrons. The zero-order valence-corrected chi connectivity index (χ0v) is 18.6. The standard InChI is InChI=1S/C25H22N8O2/c34-22-11-4-2-7-17(22)12-16-6-1-3-10-21(16)26-14-19-15-27-29-23(19)25(35)28-20-9-5-8-18(13-20)24-30-32-33-31-24/h1-11,13,15,26,34H,12,14H2,(H,27,29)(H,28,35)(H,30,31,32,33). The van der Waals surface area contributed by atoms with E-state index in [1.54, 1.807) is 36.5 Å². The van der Waals surface area contributed by atoms with Crippen LogP contribution in [-0.2, 0) is 13.0 Å². The van der Waals surface area contributed by atoms with Crippen molar-refractivity contribution in [2.24, 2.45) is 0 Å². The number of H-pyrrole nitrogens is 2. The number of aromatic hydroxyl groups is 1. The lowest BCUT2D eigenvalue weighted by atomic mass is 10.0. The highest BCUT2D eigenvalue weighted by molar-refractivity contribution is 6.04. The van der Waals surface area contributed by atoms with Gasteiger partial charge in [-0.25, -0.2) is 0 Å². The van der Waals surface area contributed by atoms with E-state index >= 15 is 0 Å². The van der Waals surface area contributed by atoms with Crippen LogP contribution in [0, 0.1) is 0 Å². The van der Waals surface area contributed by atoms with E-state index in [9.17, 15) is 9.90 Å². The molecule has 0 aliphatic heterocycles. The Morgan fingerprint density at radius 3 is 2.60 bits per heavy atom. The first-order chi connectivity index (χ1) is 17.2. The summed E-state index contributed by atoms with van der Waals surface area (Å²) in [4.78, 5) is 13.0. The van der Waals surface area contributed by atoms with E-state index in [1.165, 1.54) is 0 Å². The number of nitrogens with zero attached hydrogens (tertiary/aromatic N) is 4. The minimum Gasteiger partial charge on any atom is -0.508 e. The maximum atomic E-state index is 13.0. The summed E-state index contributed by atoms with van der Waals surface area (Å²) in [5.74, 6) is 0.390. The number of benzene rings is 3. The van der Waals surface area contributed by atoms with E-state index in [1.807, 2.05) is 42.5 Å². The van der Waals surface area contributed by atoms with Gasteiger partial charge in [0.1, 0.15) is 11.4 Å². The molecule has 0 saturated heterocycles. The van der Waals surface area contributed by atoms with Crippen LogP contribution in [0.4, 0.5) is 11.4 Å². The van der Waals surface area contributed by atoms with Crippen LogP contribution in [0.25, 0.3) is 11.4 Å². The third kappa shape index (κ3) is 5.01. The molecular weight excluding hydrogens is 444 g/mol. The average molecular weight is 467 g/mol. The van der Waals surface area contributed by atoms with Crippen LogP contribution in [0.5, 0.6) is 5.75 Å². The molecule has 35 heavy (non-hydrogen) atoms. The predicted molar refractivity (Wildman–Crippen MR) is 131 cm³/mol. The Labute approximate surface area is 200 Å². The summed E-state index contributed by atoms with van der Waals surface area (Å²) >= 11 is 0. The highest BCUT2D eigenvalue weighted by atomic mass is 16.3. The lowest BCUT2D eigenvalue weighted by molar-refractivity contribution is 0.102. The Hall–Kier alpha value is -4.99. The van der Waals surface area contributed by atoms with Gasteiger partial charge in [0.2, 0.25) is 5.82 Å². The van der Waals surface area contributed by atoms with Crippen LogP contribution < -0.4 is 10.6 Å². The molecule has 0 aliphatic rings. The first kappa shape index (κ1) is 21.8. The molecule has 10 heteroatoms. The fourth-order valence-electron chi connectivity index (χ4n) is 3.76. The molecule has 10 nitrogen and oxygen atoms in total. The molecule has 0 spiro atoms. The molecule has 174 valence electrons. The zero-order chi connectivity index (χ0) is 24.0. The molecule has 5 rings (SSSR count). The van der Waals surface area contributed by atoms with Gasteiger partial charge in [-0.05, 0) is 40.6 Å². The van der Waals surface area contributed by atoms with Crippen LogP contribution in [0.1, 0.15) is 27.2 Å². The van der Waals surface area contributed by atoms with Crippen molar-refractivity contribution in [1.82, 2.24) is 30.8 Å². The maximum absolute atomic E-state index is 13.0. The number of hydrogen-bond acceptors (Lipinski definition) is 7. The van der Waals surface area contributed by atoms with Gasteiger partial charge < -0.3 is 15.7 Å². The van der Waals surface area contributed by atoms with Gasteiger partial charge in [-0.2, -0.15) is 10.3 Å². The lowest BCUT2D eigenvalue weighted by Crippen LogP contribution is -2.15. The number of hydrogen-bond donors (Lipinski definition) is 5. The number of nitrogens with one attached hydrogen (secondary N) is 4. The smallest absolute Gasteiger partial charge is 0.274 e. The zero-order valence-electron chi connectivity index (χ0n) is 18.6. The molecule has 0 aliphatic carbocycles. The van der Waals surface area contributed by atoms with Crippen LogP contribution in [0.3, 0.4) is 0 Å². The normalized spacial score (nSPS) is 10.7. The van der Waals surface area contributed by atoms with Crippen molar-refractivity contribution >= 4 is 17.3 Å². The molecule has 5 N–H and O–H groups in total. The van der Waals surface area contributed by atoms with E-state index in [2.05, 4.69) is 41.5 Å². The highest BCUT2D eigenvalue weighted by Crippen LogP contribution is 2.25. The van der Waals surface area contributed by atoms with Crippen molar-refractivity contribution < 1.29 is 9.90 Å². The van der Waals surface area contributed by atoms with Crippen molar-refractivity contribution in [1.29, 1.82) is 0 Å². The van der Waals surface area contributed by atoms with Gasteiger partial charge in [0.05, 0.1) is 6.20 Å². The Morgan fingerprint density at radius 1 is 0.943 bits per heavy atom. The summed E-state index contributed by atoms with van der Waals surface area (Å²) in [5.41, 5.74) is 5.18. The number of anilines is 2. The Bertz CT molecular complexity index is 1450. The quantitative estimate of drug-likeness (QED) is 0.234. The second-order valence-corrected chi connectivity index (χ2v) is 7.86. The molecule has 0 unspecified atom stereocenters. The molecule has 0 saturated carbocycles. The van der Waals surface area contributed by atoms with Gasteiger partial charge in [0, 0.05) is 35.5 Å². The minimum atomic E-state index is -0.313. The Balaban J connectivity index is 1.28. The van der Waals surface area contributed by atoms with Gasteiger partial charge in [0.15, 0.2) is 0 Å². The maximum Gasteiger partial charge on any atom is 0.274 e. The number of phenols is 1. The van der Waals surface area contributed by atoms with Crippen LogP contribution in [0.15, 0.2) is 79.0 Å². The van der Waals surface area contributed by atoms with Gasteiger partial charge in [0.25, 0.3) is 5.91 Å². The number of carbonyl (C=O) groups excluding carboxylic acids is 1. The number of para-hydroxylation sites is 2. The highest BCUT2D eigenvalue weighted by Gasteiger charge is 2.15. The number of carbonyl (C=O) groups is 1. The van der Waals surface area contributed by atoms with Gasteiger partial charge in [-0.1, -0.05) is 48.5 Å². The number of aromatic amines is 2. The molecule has 0 fully saturated rings. The van der Waals surface area contributed by atoms with Gasteiger partial charge in [-0.3, -0.25) is 9.89 Å². The largest absolute Gasteiger partial charge is 0.508 e. The van der Waals surface area contributed by atoms with E-state index in [-0.39, 0.29) is 11.7 Å². The summed E-state index contributed by atoms with van der Waals surface area (Å²) in [6.07, 6.45) is 2.20. The van der Waals surface area contributed by atoms with Crippen LogP contribution in [0.2, 0.25) is 0 Å². The molecule has 2 heterocycles. The number of rotatable bonds is 8. The third-order valence-corrected chi connectivity index (χ3v) is 5.53. The fourth-order valence-corrected chi connectivity index (χ4v) is 3.76. The summed E-state index contributed by atoms with van der Waals surface area (Å²) in [6.45, 7) is 0.389. The molecule has 5 aromatic rings. The minimum absolute atomic E-state index is 0.263. The second-order valence-electron chi connectivity index (χ2n) is 7.86. The summed E-state index contributed by atoms with van der Waals surface area (Å²) < 4.78 is 0. The monoisotopic (exact) mass is 466 g/mol. The SMILES string of the molecule is O=C(Nc1cccc(-c2nn[nH]n2)c1)c1[nH]ncc1CNc1ccccc1Cc1ccccc1O. The van der Waals surface area contributed by atoms with Crippen LogP contribution in [-0.4, -0.2) is 41.8 Å². The molecule has 0 atom stereocenters. The molecule has 3 aromatic carbocycles. The number of phenolic OH excluding ortho intramolecular Hbond substituents is 1. The number of tetrazole rings is 1. The topological polar surface area (TPSA) is 144 Å². The summed E-state index contributed by atoms with van der Waals surface area (Å²) in [7, 11) is 0. The molecule has 2 aromatic heterocycles. The van der Waals surface area contributed by atoms with Crippen molar-refractivity contribution in [3.05, 3.63) is 101 Å². The van der Waals surface area contributed by atoms with Crippen molar-refractivity contribution in [3.8, 4) is 17.1 Å². The number of aromatic nitrogens is 6. The van der Waals surface area contributed by atoms with Crippen molar-refractivity contribution in [2.45, 2.75) is 13.0 Å². The Kier molecular flexibility index (Phi) is 6.16. The average Bonchev–Trinajstić information content (AvgIpc) is 3.58. The molecular formula is C25H22N8O2. The van der Waals surface area contributed by atoms with Gasteiger partial charge in [-0.15, -0.1) is 10.2 Å². The van der Waals surface area contributed by atoms with Crippen molar-refractivity contribution in [2.75, 3.05) is 10.6 Å². The van der Waals surface area contributed by atoms with Gasteiger partial charge >= 0.3 is 0 Å². The summed E-state index contributed by atoms with van der Waals surface area (Å²) in [6, 6.07) is 22.4. The summed E-state index contributed by atoms with van der Waals surface area (Å²) in [5, 5.41) is 37.2. The van der Waals surface area contributed by atoms with E-state index in [0.29, 0.717) is 35.7 Å². The van der Waals surface area contributed by atoms with E-state index < -0.39 is 0 Å². The van der Waals surface area contributed by atoms with Crippen LogP contribution >= 0.6 is 0 Å². The Morgan fingerprint density at radius 2 is 1.77 bits per heavy atom. The second kappa shape index (κ2) is 9.87. The molecule has 0 bridgehead atoms. The third-order valence-electron chi connectivity index (χ3n) is 5.53. The van der Waals surface area contributed by atoms with Crippen molar-refractivity contribution in [3.63, 3.8) is 0 Å². The van der Waals surface area contributed by atoms with E-state index in [4.69, 9.17) is 0 Å². The van der Waals surface area contributed by atoms with E-state index in [0.717, 1.165) is 22.4 Å². The lowest BCUT2D eigenvalue weighted by Gasteiger charge is -2.13. The number of amides is 1. The fraction of sp³-hybridized carbons (Fsp3) is 0.0800. The predicted octanol–water partition coefficient (Wildman–Crippen LogP) is 3.75. The first-order valence-electron chi connectivity index (χ1n) is 10.9. The molecule has 1 amide bonds.